The molecule has 2 aliphatic heterocycles. The number of carboxylic acid groups (broad SMARTS) is 1. The van der Waals surface area contributed by atoms with Gasteiger partial charge in [0.15, 0.2) is 0 Å². The van der Waals surface area contributed by atoms with E-state index in [9.17, 15) is 19.5 Å². The minimum Gasteiger partial charge on any atom is -0.480 e. The number of fused-ring (bicyclic) bond motifs is 3. The SMILES string of the molecule is O=C(N[C@H]1Cc2ccc(-c3ccccc3)cc2[C@H]2CCC[C@@H](C(=O)O)N2C1=O)C(=S)Cc1cccs1. The molecule has 0 radical (unpaired) electrons. The predicted molar refractivity (Wildman–Crippen MR) is 143 cm³/mol. The summed E-state index contributed by atoms with van der Waals surface area (Å²) in [6.45, 7) is 0. The van der Waals surface area contributed by atoms with Crippen molar-refractivity contribution in [1.29, 1.82) is 0 Å². The molecule has 0 unspecified atom stereocenters. The van der Waals surface area contributed by atoms with Gasteiger partial charge in [-0.2, -0.15) is 0 Å². The van der Waals surface area contributed by atoms with Crippen LogP contribution in [0.15, 0.2) is 66.0 Å². The molecule has 1 fully saturated rings. The molecule has 36 heavy (non-hydrogen) atoms. The predicted octanol–water partition coefficient (Wildman–Crippen LogP) is 4.58. The van der Waals surface area contributed by atoms with Crippen molar-refractivity contribution in [3.8, 4) is 11.1 Å². The van der Waals surface area contributed by atoms with E-state index in [1.165, 1.54) is 16.2 Å². The third kappa shape index (κ3) is 4.83. The number of carbonyl (C=O) groups excluding carboxylic acids is 2. The lowest BCUT2D eigenvalue weighted by atomic mass is 9.87. The second kappa shape index (κ2) is 10.3. The molecule has 2 aromatic carbocycles. The van der Waals surface area contributed by atoms with Gasteiger partial charge in [-0.1, -0.05) is 60.7 Å². The molecule has 1 aromatic heterocycles. The van der Waals surface area contributed by atoms with Crippen molar-refractivity contribution in [2.45, 2.75) is 50.2 Å². The Morgan fingerprint density at radius 2 is 1.86 bits per heavy atom. The molecule has 5 rings (SSSR count). The lowest BCUT2D eigenvalue weighted by molar-refractivity contribution is -0.156. The molecule has 3 heterocycles. The number of amides is 2. The number of hydrogen-bond acceptors (Lipinski definition) is 5. The minimum absolute atomic E-state index is 0.208. The number of hydrogen-bond donors (Lipinski definition) is 2. The van der Waals surface area contributed by atoms with Crippen molar-refractivity contribution in [3.63, 3.8) is 0 Å². The molecule has 3 aromatic rings. The molecule has 184 valence electrons. The monoisotopic (exact) mass is 518 g/mol. The van der Waals surface area contributed by atoms with Crippen LogP contribution in [-0.4, -0.2) is 44.7 Å². The summed E-state index contributed by atoms with van der Waals surface area (Å²) >= 11 is 6.89. The fraction of sp³-hybridized carbons (Fsp3) is 0.286. The van der Waals surface area contributed by atoms with E-state index >= 15 is 0 Å². The lowest BCUT2D eigenvalue weighted by Gasteiger charge is -2.40. The molecule has 8 heteroatoms. The molecule has 0 bridgehead atoms. The van der Waals surface area contributed by atoms with E-state index in [-0.39, 0.29) is 23.2 Å². The quantitative estimate of drug-likeness (QED) is 0.467. The number of benzene rings is 2. The normalized spacial score (nSPS) is 21.2. The minimum atomic E-state index is -1.02. The van der Waals surface area contributed by atoms with Gasteiger partial charge in [-0.15, -0.1) is 11.3 Å². The van der Waals surface area contributed by atoms with Gasteiger partial charge in [-0.05, 0) is 59.0 Å². The van der Waals surface area contributed by atoms with Gasteiger partial charge in [0.25, 0.3) is 5.91 Å². The molecule has 0 spiro atoms. The summed E-state index contributed by atoms with van der Waals surface area (Å²) in [6, 6.07) is 17.7. The van der Waals surface area contributed by atoms with E-state index in [1.54, 1.807) is 0 Å². The zero-order chi connectivity index (χ0) is 25.2. The van der Waals surface area contributed by atoms with Gasteiger partial charge in [-0.3, -0.25) is 9.59 Å². The van der Waals surface area contributed by atoms with Crippen LogP contribution in [0.3, 0.4) is 0 Å². The van der Waals surface area contributed by atoms with Crippen LogP contribution >= 0.6 is 23.6 Å². The molecule has 6 nitrogen and oxygen atoms in total. The highest BCUT2D eigenvalue weighted by molar-refractivity contribution is 7.82. The van der Waals surface area contributed by atoms with E-state index in [0.29, 0.717) is 25.7 Å². The van der Waals surface area contributed by atoms with Crippen LogP contribution in [-0.2, 0) is 27.2 Å². The van der Waals surface area contributed by atoms with E-state index in [1.807, 2.05) is 60.0 Å². The number of piperidine rings is 1. The number of aliphatic carboxylic acids is 1. The molecule has 1 saturated heterocycles. The summed E-state index contributed by atoms with van der Waals surface area (Å²) in [5, 5.41) is 14.7. The fourth-order valence-electron chi connectivity index (χ4n) is 5.25. The number of carbonyl (C=O) groups is 3. The van der Waals surface area contributed by atoms with Crippen LogP contribution in [0.2, 0.25) is 0 Å². The van der Waals surface area contributed by atoms with Crippen LogP contribution < -0.4 is 5.32 Å². The molecule has 2 aliphatic rings. The zero-order valence-electron chi connectivity index (χ0n) is 19.6. The van der Waals surface area contributed by atoms with Crippen molar-refractivity contribution >= 4 is 46.2 Å². The van der Waals surface area contributed by atoms with Crippen LogP contribution in [0.5, 0.6) is 0 Å². The maximum atomic E-state index is 13.8. The highest BCUT2D eigenvalue weighted by atomic mass is 32.1. The Morgan fingerprint density at radius 1 is 1.06 bits per heavy atom. The topological polar surface area (TPSA) is 86.7 Å². The molecule has 0 saturated carbocycles. The molecule has 2 N–H and O–H groups in total. The number of thiocarbonyl (C=S) groups is 1. The standard InChI is InChI=1S/C28H26N2O4S2/c31-26(25(35)16-20-8-5-13-36-20)29-22-15-19-12-11-18(17-6-2-1-3-7-17)14-21(19)23-9-4-10-24(28(33)34)30(23)27(22)32/h1-3,5-8,11-14,22-24H,4,9-10,15-16H2,(H,29,31)(H,33,34)/t22-,23+,24-/m0/s1. The first-order valence-corrected chi connectivity index (χ1v) is 13.3. The first-order chi connectivity index (χ1) is 17.4. The molecular formula is C28H26N2O4S2. The van der Waals surface area contributed by atoms with Gasteiger partial charge in [-0.25, -0.2) is 4.79 Å². The number of thiophene rings is 1. The number of rotatable bonds is 6. The number of nitrogens with zero attached hydrogens (tertiary/aromatic N) is 1. The van der Waals surface area contributed by atoms with Crippen molar-refractivity contribution in [1.82, 2.24) is 10.2 Å². The highest BCUT2D eigenvalue weighted by Gasteiger charge is 2.44. The van der Waals surface area contributed by atoms with Crippen LogP contribution in [0.25, 0.3) is 11.1 Å². The van der Waals surface area contributed by atoms with Gasteiger partial charge in [0.05, 0.1) is 10.9 Å². The Bertz CT molecular complexity index is 1310. The Kier molecular flexibility index (Phi) is 6.98. The summed E-state index contributed by atoms with van der Waals surface area (Å²) in [7, 11) is 0. The Labute approximate surface area is 219 Å². The molecule has 0 aliphatic carbocycles. The van der Waals surface area contributed by atoms with E-state index in [2.05, 4.69) is 11.4 Å². The first kappa shape index (κ1) is 24.3. The first-order valence-electron chi connectivity index (χ1n) is 12.0. The third-order valence-electron chi connectivity index (χ3n) is 6.97. The number of carboxylic acids is 1. The van der Waals surface area contributed by atoms with Crippen molar-refractivity contribution in [2.75, 3.05) is 0 Å². The average Bonchev–Trinajstić information content (AvgIpc) is 3.37. The van der Waals surface area contributed by atoms with Gasteiger partial charge in [0.1, 0.15) is 12.1 Å². The second-order valence-corrected chi connectivity index (χ2v) is 10.8. The van der Waals surface area contributed by atoms with E-state index in [4.69, 9.17) is 12.2 Å². The summed E-state index contributed by atoms with van der Waals surface area (Å²) in [4.78, 5) is 41.7. The smallest absolute Gasteiger partial charge is 0.326 e. The van der Waals surface area contributed by atoms with E-state index < -0.39 is 24.0 Å². The van der Waals surface area contributed by atoms with Crippen LogP contribution in [0, 0.1) is 0 Å². The Hall–Kier alpha value is -3.36. The van der Waals surface area contributed by atoms with Crippen molar-refractivity contribution in [2.24, 2.45) is 0 Å². The fourth-order valence-corrected chi connectivity index (χ4v) is 6.27. The summed E-state index contributed by atoms with van der Waals surface area (Å²) in [5.74, 6) is -1.84. The van der Waals surface area contributed by atoms with Crippen molar-refractivity contribution in [3.05, 3.63) is 82.0 Å². The molecular weight excluding hydrogens is 492 g/mol. The summed E-state index contributed by atoms with van der Waals surface area (Å²) in [6.07, 6.45) is 2.40. The Balaban J connectivity index is 1.49. The molecule has 2 amide bonds. The maximum Gasteiger partial charge on any atom is 0.326 e. The number of nitrogens with one attached hydrogen (secondary N) is 1. The summed E-state index contributed by atoms with van der Waals surface area (Å²) in [5.41, 5.74) is 3.96. The van der Waals surface area contributed by atoms with Crippen LogP contribution in [0.1, 0.15) is 41.3 Å². The second-order valence-electron chi connectivity index (χ2n) is 9.24. The van der Waals surface area contributed by atoms with Crippen molar-refractivity contribution < 1.29 is 19.5 Å². The van der Waals surface area contributed by atoms with E-state index in [0.717, 1.165) is 27.1 Å². The summed E-state index contributed by atoms with van der Waals surface area (Å²) < 4.78 is 0. The van der Waals surface area contributed by atoms with Gasteiger partial charge in [0, 0.05) is 17.7 Å². The maximum absolute atomic E-state index is 13.8. The third-order valence-corrected chi connectivity index (χ3v) is 8.18. The zero-order valence-corrected chi connectivity index (χ0v) is 21.2. The average molecular weight is 519 g/mol. The Morgan fingerprint density at radius 3 is 2.58 bits per heavy atom. The van der Waals surface area contributed by atoms with Gasteiger partial charge in [0.2, 0.25) is 5.91 Å². The molecule has 3 atom stereocenters. The highest BCUT2D eigenvalue weighted by Crippen LogP contribution is 2.40. The largest absolute Gasteiger partial charge is 0.480 e. The van der Waals surface area contributed by atoms with Crippen LogP contribution in [0.4, 0.5) is 0 Å². The van der Waals surface area contributed by atoms with Gasteiger partial charge < -0.3 is 15.3 Å². The van der Waals surface area contributed by atoms with Gasteiger partial charge >= 0.3 is 5.97 Å². The lowest BCUT2D eigenvalue weighted by Crippen LogP contribution is -2.56.